The highest BCUT2D eigenvalue weighted by Crippen LogP contribution is 1.99. The van der Waals surface area contributed by atoms with Gasteiger partial charge in [-0.3, -0.25) is 0 Å². The molecule has 0 atom stereocenters. The minimum atomic E-state index is -0.152. The molecule has 6 heteroatoms. The Morgan fingerprint density at radius 3 is 3.30 bits per heavy atom. The lowest BCUT2D eigenvalue weighted by atomic mass is 10.8. The molecule has 0 aromatic carbocycles. The Balaban J connectivity index is 2.86. The van der Waals surface area contributed by atoms with Crippen molar-refractivity contribution in [3.8, 4) is 5.88 Å². The van der Waals surface area contributed by atoms with Gasteiger partial charge in [-0.05, 0) is 0 Å². The molecule has 2 aromatic heterocycles. The maximum atomic E-state index is 8.79. The highest BCUT2D eigenvalue weighted by molar-refractivity contribution is 5.24. The van der Waals surface area contributed by atoms with Crippen molar-refractivity contribution in [3.63, 3.8) is 0 Å². The number of aromatic nitrogens is 5. The number of hydrogen-bond acceptors (Lipinski definition) is 5. The summed E-state index contributed by atoms with van der Waals surface area (Å²) in [5.74, 6) is 0.139. The minimum absolute atomic E-state index is 0.152. The molecule has 2 rings (SSSR count). The summed E-state index contributed by atoms with van der Waals surface area (Å²) in [5, 5.41) is 19.6. The van der Waals surface area contributed by atoms with E-state index in [2.05, 4.69) is 20.3 Å². The zero-order valence-electron chi connectivity index (χ0n) is 4.84. The van der Waals surface area contributed by atoms with Crippen LogP contribution in [-0.4, -0.2) is 29.9 Å². The third kappa shape index (κ3) is 0.586. The van der Waals surface area contributed by atoms with Gasteiger partial charge in [0.05, 0.1) is 0 Å². The second-order valence-corrected chi connectivity index (χ2v) is 1.69. The van der Waals surface area contributed by atoms with Gasteiger partial charge in [0.1, 0.15) is 12.5 Å². The summed E-state index contributed by atoms with van der Waals surface area (Å²) in [4.78, 5) is 3.62. The minimum Gasteiger partial charge on any atom is -0.492 e. The van der Waals surface area contributed by atoms with Crippen LogP contribution in [0.4, 0.5) is 0 Å². The molecule has 0 fully saturated rings. The summed E-state index contributed by atoms with van der Waals surface area (Å²) in [6, 6.07) is 0. The summed E-state index contributed by atoms with van der Waals surface area (Å²) in [7, 11) is 0. The van der Waals surface area contributed by atoms with E-state index in [1.54, 1.807) is 0 Å². The molecule has 0 saturated carbocycles. The van der Waals surface area contributed by atoms with Gasteiger partial charge < -0.3 is 5.11 Å². The first kappa shape index (κ1) is 5.10. The zero-order valence-corrected chi connectivity index (χ0v) is 4.84. The number of aromatic hydroxyl groups is 1. The van der Waals surface area contributed by atoms with Gasteiger partial charge in [0.2, 0.25) is 5.88 Å². The molecule has 10 heavy (non-hydrogen) atoms. The molecule has 50 valence electrons. The van der Waals surface area contributed by atoms with E-state index in [9.17, 15) is 0 Å². The van der Waals surface area contributed by atoms with Gasteiger partial charge in [-0.1, -0.05) is 0 Å². The third-order valence-electron chi connectivity index (χ3n) is 1.03. The molecule has 0 aliphatic rings. The maximum Gasteiger partial charge on any atom is 0.274 e. The molecule has 6 nitrogen and oxygen atoms in total. The van der Waals surface area contributed by atoms with Crippen LogP contribution in [0.15, 0.2) is 12.5 Å². The molecule has 0 aliphatic heterocycles. The van der Waals surface area contributed by atoms with Crippen LogP contribution in [0, 0.1) is 0 Å². The van der Waals surface area contributed by atoms with Crippen LogP contribution in [0.25, 0.3) is 5.78 Å². The number of nitrogens with zero attached hydrogens (tertiary/aromatic N) is 5. The fourth-order valence-electron chi connectivity index (χ4n) is 0.624. The van der Waals surface area contributed by atoms with E-state index in [4.69, 9.17) is 5.11 Å². The maximum absolute atomic E-state index is 8.79. The van der Waals surface area contributed by atoms with E-state index in [1.807, 2.05) is 0 Å². The van der Waals surface area contributed by atoms with E-state index in [0.717, 1.165) is 0 Å². The predicted molar refractivity (Wildman–Crippen MR) is 30.2 cm³/mol. The Morgan fingerprint density at radius 2 is 2.40 bits per heavy atom. The number of rotatable bonds is 0. The first-order valence-electron chi connectivity index (χ1n) is 2.58. The Hall–Kier alpha value is -1.72. The van der Waals surface area contributed by atoms with Crippen LogP contribution in [0.1, 0.15) is 0 Å². The smallest absolute Gasteiger partial charge is 0.274 e. The molecule has 0 spiro atoms. The topological polar surface area (TPSA) is 76.2 Å². The van der Waals surface area contributed by atoms with Crippen LogP contribution in [0.3, 0.4) is 0 Å². The van der Waals surface area contributed by atoms with Crippen LogP contribution < -0.4 is 0 Å². The lowest BCUT2D eigenvalue weighted by Gasteiger charge is -1.88. The van der Waals surface area contributed by atoms with E-state index < -0.39 is 0 Å². The van der Waals surface area contributed by atoms with E-state index in [1.165, 1.54) is 17.0 Å². The van der Waals surface area contributed by atoms with Gasteiger partial charge in [-0.2, -0.15) is 14.6 Å². The van der Waals surface area contributed by atoms with Crippen molar-refractivity contribution in [2.45, 2.75) is 0 Å². The largest absolute Gasteiger partial charge is 0.492 e. The predicted octanol–water partition coefficient (Wildman–Crippen LogP) is -0.775. The molecule has 0 unspecified atom stereocenters. The Labute approximate surface area is 55.2 Å². The van der Waals surface area contributed by atoms with Gasteiger partial charge in [-0.15, -0.1) is 10.2 Å². The second-order valence-electron chi connectivity index (χ2n) is 1.69. The summed E-state index contributed by atoms with van der Waals surface area (Å²) < 4.78 is 1.36. The van der Waals surface area contributed by atoms with E-state index in [0.29, 0.717) is 5.78 Å². The van der Waals surface area contributed by atoms with Crippen molar-refractivity contribution < 1.29 is 5.11 Å². The molecule has 0 aliphatic carbocycles. The van der Waals surface area contributed by atoms with Gasteiger partial charge in [0.25, 0.3) is 5.78 Å². The normalized spacial score (nSPS) is 10.4. The average molecular weight is 137 g/mol. The monoisotopic (exact) mass is 137 g/mol. The van der Waals surface area contributed by atoms with Gasteiger partial charge in [-0.25, -0.2) is 0 Å². The van der Waals surface area contributed by atoms with Crippen LogP contribution in [-0.2, 0) is 0 Å². The summed E-state index contributed by atoms with van der Waals surface area (Å²) in [6.07, 6.45) is 2.62. The second kappa shape index (κ2) is 1.63. The third-order valence-corrected chi connectivity index (χ3v) is 1.03. The van der Waals surface area contributed by atoms with Crippen molar-refractivity contribution in [2.24, 2.45) is 0 Å². The molecule has 1 N–H and O–H groups in total. The molecule has 2 aromatic rings. The summed E-state index contributed by atoms with van der Waals surface area (Å²) in [5.41, 5.74) is 0. The Morgan fingerprint density at radius 1 is 1.50 bits per heavy atom. The fourth-order valence-corrected chi connectivity index (χ4v) is 0.624. The van der Waals surface area contributed by atoms with Crippen molar-refractivity contribution in [2.75, 3.05) is 0 Å². The first-order valence-corrected chi connectivity index (χ1v) is 2.58. The van der Waals surface area contributed by atoms with Crippen molar-refractivity contribution in [3.05, 3.63) is 12.5 Å². The van der Waals surface area contributed by atoms with Gasteiger partial charge in [0.15, 0.2) is 0 Å². The van der Waals surface area contributed by atoms with Crippen molar-refractivity contribution in [1.29, 1.82) is 0 Å². The fraction of sp³-hybridized carbons (Fsp3) is 0. The standard InChI is InChI=1S/C4H3N5O/c10-3-1-6-9-2-5-8-4(9)7-3/h1-2H,(H,7,8,10). The van der Waals surface area contributed by atoms with Crippen LogP contribution >= 0.6 is 0 Å². The van der Waals surface area contributed by atoms with E-state index >= 15 is 0 Å². The molecule has 0 amide bonds. The number of hydrogen-bond donors (Lipinski definition) is 1. The SMILES string of the molecule is Oc1cnn2cnnc2n1. The number of fused-ring (bicyclic) bond motifs is 1. The first-order chi connectivity index (χ1) is 4.86. The molecule has 2 heterocycles. The zero-order chi connectivity index (χ0) is 6.97. The van der Waals surface area contributed by atoms with E-state index in [-0.39, 0.29) is 5.88 Å². The Bertz CT molecular complexity index is 355. The van der Waals surface area contributed by atoms with Gasteiger partial charge >= 0.3 is 0 Å². The van der Waals surface area contributed by atoms with Crippen LogP contribution in [0.2, 0.25) is 0 Å². The molecule has 0 bridgehead atoms. The quantitative estimate of drug-likeness (QED) is 0.515. The summed E-state index contributed by atoms with van der Waals surface area (Å²) >= 11 is 0. The molecule has 0 saturated heterocycles. The van der Waals surface area contributed by atoms with Crippen LogP contribution in [0.5, 0.6) is 5.88 Å². The van der Waals surface area contributed by atoms with Gasteiger partial charge in [0, 0.05) is 0 Å². The average Bonchev–Trinajstić information content (AvgIpc) is 2.33. The lowest BCUT2D eigenvalue weighted by molar-refractivity contribution is 0.448. The van der Waals surface area contributed by atoms with Crippen molar-refractivity contribution in [1.82, 2.24) is 24.8 Å². The summed E-state index contributed by atoms with van der Waals surface area (Å²) in [6.45, 7) is 0. The molecular weight excluding hydrogens is 134 g/mol. The molecule has 0 radical (unpaired) electrons. The highest BCUT2D eigenvalue weighted by atomic mass is 16.3. The highest BCUT2D eigenvalue weighted by Gasteiger charge is 1.96. The molecular formula is C4H3N5O. The van der Waals surface area contributed by atoms with Crippen molar-refractivity contribution >= 4 is 5.78 Å². The Kier molecular flexibility index (Phi) is 0.830. The lowest BCUT2D eigenvalue weighted by Crippen LogP contribution is -1.91.